The number of hydrogen-bond donors (Lipinski definition) is 0. The third-order valence-corrected chi connectivity index (χ3v) is 4.47. The van der Waals surface area contributed by atoms with Gasteiger partial charge in [0.25, 0.3) is 0 Å². The Morgan fingerprint density at radius 1 is 1.50 bits per heavy atom. The lowest BCUT2D eigenvalue weighted by atomic mass is 10.0. The third-order valence-electron chi connectivity index (χ3n) is 3.50. The van der Waals surface area contributed by atoms with Crippen LogP contribution < -0.4 is 0 Å². The summed E-state index contributed by atoms with van der Waals surface area (Å²) in [6.45, 7) is 3.78. The number of nitrogens with zero attached hydrogens (tertiary/aromatic N) is 4. The Bertz CT molecular complexity index is 373. The molecule has 1 atom stereocenters. The van der Waals surface area contributed by atoms with Crippen molar-refractivity contribution in [2.24, 2.45) is 0 Å². The van der Waals surface area contributed by atoms with E-state index in [0.29, 0.717) is 17.7 Å². The molecule has 100 valence electrons. The van der Waals surface area contributed by atoms with Gasteiger partial charge in [0.2, 0.25) is 5.91 Å². The fraction of sp³-hybridized carbons (Fsp3) is 0.750. The van der Waals surface area contributed by atoms with Crippen LogP contribution in [-0.2, 0) is 4.79 Å². The van der Waals surface area contributed by atoms with Crippen LogP contribution in [0.5, 0.6) is 0 Å². The summed E-state index contributed by atoms with van der Waals surface area (Å²) in [4.78, 5) is 14.0. The van der Waals surface area contributed by atoms with E-state index < -0.39 is 0 Å². The molecule has 0 aliphatic carbocycles. The molecule has 1 unspecified atom stereocenters. The largest absolute Gasteiger partial charge is 0.343 e. The molecule has 6 heteroatoms. The Hall–Kier alpha value is -1.04. The standard InChI is InChI=1S/C12H20N4OS/c1-10(18-2)9-12(17)15-6-3-11(4-7-15)16-8-5-13-14-16/h5,8,10-11H,3-4,6-7,9H2,1-2H3. The van der Waals surface area contributed by atoms with Crippen LogP contribution in [0.4, 0.5) is 0 Å². The van der Waals surface area contributed by atoms with Crippen molar-refractivity contribution in [1.29, 1.82) is 0 Å². The number of carbonyl (C=O) groups excluding carboxylic acids is 1. The molecule has 1 aliphatic rings. The molecular formula is C12H20N4OS. The van der Waals surface area contributed by atoms with E-state index in [1.54, 1.807) is 18.0 Å². The summed E-state index contributed by atoms with van der Waals surface area (Å²) in [5.74, 6) is 0.286. The number of piperidine rings is 1. The van der Waals surface area contributed by atoms with Gasteiger partial charge in [-0.25, -0.2) is 4.68 Å². The van der Waals surface area contributed by atoms with Crippen LogP contribution in [0.15, 0.2) is 12.4 Å². The Labute approximate surface area is 112 Å². The minimum Gasteiger partial charge on any atom is -0.343 e. The molecule has 1 aromatic heterocycles. The number of aromatic nitrogens is 3. The number of hydrogen-bond acceptors (Lipinski definition) is 4. The van der Waals surface area contributed by atoms with Gasteiger partial charge < -0.3 is 4.90 Å². The Kier molecular flexibility index (Phi) is 4.63. The predicted molar refractivity (Wildman–Crippen MR) is 72.5 cm³/mol. The fourth-order valence-corrected chi connectivity index (χ4v) is 2.56. The second-order valence-electron chi connectivity index (χ2n) is 4.75. The summed E-state index contributed by atoms with van der Waals surface area (Å²) < 4.78 is 1.91. The van der Waals surface area contributed by atoms with Crippen molar-refractivity contribution >= 4 is 17.7 Å². The van der Waals surface area contributed by atoms with Crippen molar-refractivity contribution < 1.29 is 4.79 Å². The first-order valence-electron chi connectivity index (χ1n) is 6.37. The fourth-order valence-electron chi connectivity index (χ4n) is 2.25. The summed E-state index contributed by atoms with van der Waals surface area (Å²) >= 11 is 1.75. The predicted octanol–water partition coefficient (Wildman–Crippen LogP) is 1.58. The lowest BCUT2D eigenvalue weighted by molar-refractivity contribution is -0.132. The van der Waals surface area contributed by atoms with Gasteiger partial charge in [-0.3, -0.25) is 4.79 Å². The summed E-state index contributed by atoms with van der Waals surface area (Å²) in [5, 5.41) is 8.27. The maximum absolute atomic E-state index is 12.0. The van der Waals surface area contributed by atoms with Crippen LogP contribution in [-0.4, -0.2) is 50.4 Å². The van der Waals surface area contributed by atoms with Crippen molar-refractivity contribution in [2.75, 3.05) is 19.3 Å². The lowest BCUT2D eigenvalue weighted by Gasteiger charge is -2.32. The summed E-state index contributed by atoms with van der Waals surface area (Å²) in [6.07, 6.45) is 8.26. The number of carbonyl (C=O) groups is 1. The molecule has 18 heavy (non-hydrogen) atoms. The lowest BCUT2D eigenvalue weighted by Crippen LogP contribution is -2.39. The zero-order chi connectivity index (χ0) is 13.0. The van der Waals surface area contributed by atoms with Gasteiger partial charge in [0.1, 0.15) is 0 Å². The van der Waals surface area contributed by atoms with E-state index in [0.717, 1.165) is 25.9 Å². The third kappa shape index (κ3) is 3.25. The molecule has 2 heterocycles. The van der Waals surface area contributed by atoms with Crippen LogP contribution in [0.25, 0.3) is 0 Å². The van der Waals surface area contributed by atoms with E-state index in [1.807, 2.05) is 15.8 Å². The number of thioether (sulfide) groups is 1. The molecule has 0 radical (unpaired) electrons. The van der Waals surface area contributed by atoms with Crippen molar-refractivity contribution in [1.82, 2.24) is 19.9 Å². The highest BCUT2D eigenvalue weighted by atomic mass is 32.2. The van der Waals surface area contributed by atoms with Gasteiger partial charge in [-0.1, -0.05) is 12.1 Å². The normalized spacial score (nSPS) is 18.9. The van der Waals surface area contributed by atoms with Crippen molar-refractivity contribution in [3.63, 3.8) is 0 Å². The SMILES string of the molecule is CSC(C)CC(=O)N1CCC(n2ccnn2)CC1. The Balaban J connectivity index is 1.81. The first-order chi connectivity index (χ1) is 8.70. The van der Waals surface area contributed by atoms with Crippen LogP contribution in [0.3, 0.4) is 0 Å². The van der Waals surface area contributed by atoms with E-state index in [1.165, 1.54) is 0 Å². The molecular weight excluding hydrogens is 248 g/mol. The van der Waals surface area contributed by atoms with Gasteiger partial charge in [0.15, 0.2) is 0 Å². The first-order valence-corrected chi connectivity index (χ1v) is 7.66. The molecule has 0 N–H and O–H groups in total. The van der Waals surface area contributed by atoms with Crippen molar-refractivity contribution in [2.45, 2.75) is 37.5 Å². The average Bonchev–Trinajstić information content (AvgIpc) is 2.92. The van der Waals surface area contributed by atoms with E-state index in [9.17, 15) is 4.79 Å². The topological polar surface area (TPSA) is 51.0 Å². The summed E-state index contributed by atoms with van der Waals surface area (Å²) in [7, 11) is 0. The van der Waals surface area contributed by atoms with Gasteiger partial charge in [-0.2, -0.15) is 11.8 Å². The van der Waals surface area contributed by atoms with Crippen LogP contribution in [0.1, 0.15) is 32.2 Å². The van der Waals surface area contributed by atoms with Gasteiger partial charge >= 0.3 is 0 Å². The molecule has 1 aliphatic heterocycles. The molecule has 0 aromatic carbocycles. The molecule has 0 bridgehead atoms. The van der Waals surface area contributed by atoms with Gasteiger partial charge in [-0.15, -0.1) is 5.10 Å². The summed E-state index contributed by atoms with van der Waals surface area (Å²) in [5.41, 5.74) is 0. The van der Waals surface area contributed by atoms with Crippen molar-refractivity contribution in [3.05, 3.63) is 12.4 Å². The average molecular weight is 268 g/mol. The molecule has 1 amide bonds. The van der Waals surface area contributed by atoms with Gasteiger partial charge in [-0.05, 0) is 19.1 Å². The molecule has 1 aromatic rings. The highest BCUT2D eigenvalue weighted by molar-refractivity contribution is 7.99. The number of likely N-dealkylation sites (tertiary alicyclic amines) is 1. The van der Waals surface area contributed by atoms with Gasteiger partial charge in [0, 0.05) is 31.0 Å². The van der Waals surface area contributed by atoms with E-state index >= 15 is 0 Å². The zero-order valence-electron chi connectivity index (χ0n) is 11.0. The molecule has 0 spiro atoms. The maximum Gasteiger partial charge on any atom is 0.223 e. The molecule has 1 fully saturated rings. The summed E-state index contributed by atoms with van der Waals surface area (Å²) in [6, 6.07) is 0.398. The molecule has 1 saturated heterocycles. The molecule has 0 saturated carbocycles. The second-order valence-corrected chi connectivity index (χ2v) is 6.02. The zero-order valence-corrected chi connectivity index (χ0v) is 11.8. The monoisotopic (exact) mass is 268 g/mol. The first kappa shape index (κ1) is 13.4. The smallest absolute Gasteiger partial charge is 0.223 e. The number of amides is 1. The highest BCUT2D eigenvalue weighted by Gasteiger charge is 2.24. The Morgan fingerprint density at radius 2 is 2.22 bits per heavy atom. The minimum absolute atomic E-state index is 0.286. The second kappa shape index (κ2) is 6.22. The molecule has 5 nitrogen and oxygen atoms in total. The van der Waals surface area contributed by atoms with Crippen LogP contribution in [0.2, 0.25) is 0 Å². The highest BCUT2D eigenvalue weighted by Crippen LogP contribution is 2.22. The molecule has 2 rings (SSSR count). The van der Waals surface area contributed by atoms with Crippen LogP contribution >= 0.6 is 11.8 Å². The van der Waals surface area contributed by atoms with Crippen molar-refractivity contribution in [3.8, 4) is 0 Å². The minimum atomic E-state index is 0.286. The van der Waals surface area contributed by atoms with E-state index in [4.69, 9.17) is 0 Å². The Morgan fingerprint density at radius 3 is 2.78 bits per heavy atom. The maximum atomic E-state index is 12.0. The number of rotatable bonds is 4. The van der Waals surface area contributed by atoms with Gasteiger partial charge in [0.05, 0.1) is 12.2 Å². The van der Waals surface area contributed by atoms with E-state index in [-0.39, 0.29) is 5.91 Å². The van der Waals surface area contributed by atoms with E-state index in [2.05, 4.69) is 23.5 Å². The van der Waals surface area contributed by atoms with Crippen LogP contribution in [0, 0.1) is 0 Å². The quantitative estimate of drug-likeness (QED) is 0.832.